The SMILES string of the molecule is CN(C)CCCCCC(=O)NCCC[Si](O[Si](C)(C)C)(O[Si](C)(C)C)O[Si](C)(C)C. The summed E-state index contributed by atoms with van der Waals surface area (Å²) in [6.45, 7) is 21.6. The molecule has 0 radical (unpaired) electrons. The number of nitrogens with one attached hydrogen (secondary N) is 1. The standard InChI is InChI=1S/C20H50N2O4Si4/c1-22(2)18-14-12-13-16-20(23)21-17-15-19-30(24-27(3,4)5,25-28(6,7)8)26-29(9,10)11/h12-19H2,1-11H3,(H,21,23). The van der Waals surface area contributed by atoms with E-state index in [-0.39, 0.29) is 5.91 Å². The highest BCUT2D eigenvalue weighted by molar-refractivity contribution is 6.90. The molecule has 0 atom stereocenters. The molecule has 1 N–H and O–H groups in total. The van der Waals surface area contributed by atoms with E-state index in [9.17, 15) is 4.79 Å². The molecule has 180 valence electrons. The number of unbranched alkanes of at least 4 members (excludes halogenated alkanes) is 2. The van der Waals surface area contributed by atoms with E-state index in [0.29, 0.717) is 13.0 Å². The molecule has 0 aromatic rings. The topological polar surface area (TPSA) is 60.0 Å². The van der Waals surface area contributed by atoms with Crippen molar-refractivity contribution in [2.45, 2.75) is 97.1 Å². The van der Waals surface area contributed by atoms with E-state index < -0.39 is 33.8 Å². The van der Waals surface area contributed by atoms with Crippen LogP contribution in [0.1, 0.15) is 32.1 Å². The second kappa shape index (κ2) is 13.0. The fraction of sp³-hybridized carbons (Fsp3) is 0.950. The second-order valence-electron chi connectivity index (χ2n) is 11.4. The Morgan fingerprint density at radius 1 is 0.733 bits per heavy atom. The molecule has 0 fully saturated rings. The number of amides is 1. The predicted octanol–water partition coefficient (Wildman–Crippen LogP) is 5.11. The van der Waals surface area contributed by atoms with E-state index >= 15 is 0 Å². The number of rotatable bonds is 16. The highest BCUT2D eigenvalue weighted by Gasteiger charge is 2.49. The van der Waals surface area contributed by atoms with Crippen LogP contribution in [0.25, 0.3) is 0 Å². The molecule has 0 heterocycles. The maximum Gasteiger partial charge on any atom is 0.469 e. The normalized spacial score (nSPS) is 13.7. The lowest BCUT2D eigenvalue weighted by molar-refractivity contribution is -0.121. The van der Waals surface area contributed by atoms with Crippen molar-refractivity contribution >= 4 is 39.7 Å². The quantitative estimate of drug-likeness (QED) is 0.239. The molecule has 0 aliphatic rings. The Kier molecular flexibility index (Phi) is 13.1. The van der Waals surface area contributed by atoms with E-state index in [1.165, 1.54) is 0 Å². The van der Waals surface area contributed by atoms with Crippen LogP contribution in [0, 0.1) is 0 Å². The minimum Gasteiger partial charge on any atom is -0.417 e. The molecule has 0 unspecified atom stereocenters. The molecule has 0 bridgehead atoms. The van der Waals surface area contributed by atoms with Gasteiger partial charge in [-0.1, -0.05) is 6.42 Å². The first kappa shape index (κ1) is 30.2. The van der Waals surface area contributed by atoms with Gasteiger partial charge in [-0.05, 0) is 98.8 Å². The lowest BCUT2D eigenvalue weighted by Gasteiger charge is -2.43. The monoisotopic (exact) mass is 494 g/mol. The predicted molar refractivity (Wildman–Crippen MR) is 139 cm³/mol. The van der Waals surface area contributed by atoms with Crippen LogP contribution >= 0.6 is 0 Å². The van der Waals surface area contributed by atoms with Crippen LogP contribution in [0.15, 0.2) is 0 Å². The van der Waals surface area contributed by atoms with Gasteiger partial charge >= 0.3 is 8.80 Å². The highest BCUT2D eigenvalue weighted by Crippen LogP contribution is 2.29. The van der Waals surface area contributed by atoms with Crippen LogP contribution in [0.5, 0.6) is 0 Å². The number of carbonyl (C=O) groups excluding carboxylic acids is 1. The van der Waals surface area contributed by atoms with Crippen LogP contribution in [-0.4, -0.2) is 71.7 Å². The van der Waals surface area contributed by atoms with Crippen molar-refractivity contribution in [2.75, 3.05) is 27.2 Å². The van der Waals surface area contributed by atoms with Gasteiger partial charge in [-0.2, -0.15) is 0 Å². The molecule has 30 heavy (non-hydrogen) atoms. The lowest BCUT2D eigenvalue weighted by Crippen LogP contribution is -2.60. The third-order valence-corrected chi connectivity index (χ3v) is 15.9. The van der Waals surface area contributed by atoms with E-state index in [2.05, 4.69) is 83.2 Å². The molecule has 0 aliphatic heterocycles. The van der Waals surface area contributed by atoms with Gasteiger partial charge in [0.15, 0.2) is 25.0 Å². The molecule has 0 aromatic heterocycles. The molecule has 10 heteroatoms. The first-order chi connectivity index (χ1) is 13.4. The average Bonchev–Trinajstić information content (AvgIpc) is 2.45. The summed E-state index contributed by atoms with van der Waals surface area (Å²) in [4.78, 5) is 14.4. The Labute approximate surface area is 191 Å². The summed E-state index contributed by atoms with van der Waals surface area (Å²) < 4.78 is 20.0. The van der Waals surface area contributed by atoms with Gasteiger partial charge in [0.1, 0.15) is 0 Å². The van der Waals surface area contributed by atoms with Crippen LogP contribution < -0.4 is 5.32 Å². The molecule has 0 rings (SSSR count). The maximum atomic E-state index is 12.2. The summed E-state index contributed by atoms with van der Waals surface area (Å²) in [5, 5.41) is 3.08. The molecule has 0 spiro atoms. The zero-order chi connectivity index (χ0) is 23.6. The van der Waals surface area contributed by atoms with Crippen molar-refractivity contribution in [3.8, 4) is 0 Å². The molecule has 0 aromatic carbocycles. The number of hydrogen-bond acceptors (Lipinski definition) is 5. The maximum absolute atomic E-state index is 12.2. The van der Waals surface area contributed by atoms with Crippen molar-refractivity contribution in [2.24, 2.45) is 0 Å². The first-order valence-corrected chi connectivity index (χ1v) is 23.6. The van der Waals surface area contributed by atoms with Gasteiger partial charge in [-0.25, -0.2) is 0 Å². The Morgan fingerprint density at radius 3 is 1.60 bits per heavy atom. The number of nitrogens with zero attached hydrogens (tertiary/aromatic N) is 1. The molecule has 6 nitrogen and oxygen atoms in total. The number of hydrogen-bond donors (Lipinski definition) is 1. The minimum absolute atomic E-state index is 0.149. The molecule has 0 saturated heterocycles. The van der Waals surface area contributed by atoms with E-state index in [1.807, 2.05) is 0 Å². The van der Waals surface area contributed by atoms with Crippen molar-refractivity contribution in [1.29, 1.82) is 0 Å². The number of carbonyl (C=O) groups is 1. The van der Waals surface area contributed by atoms with Crippen molar-refractivity contribution in [1.82, 2.24) is 10.2 Å². The largest absolute Gasteiger partial charge is 0.469 e. The van der Waals surface area contributed by atoms with E-state index in [4.69, 9.17) is 12.3 Å². The first-order valence-electron chi connectivity index (χ1n) is 11.5. The third-order valence-electron chi connectivity index (χ3n) is 3.88. The Morgan fingerprint density at radius 2 is 1.20 bits per heavy atom. The zero-order valence-corrected chi connectivity index (χ0v) is 25.7. The van der Waals surface area contributed by atoms with Crippen molar-refractivity contribution < 1.29 is 17.1 Å². The fourth-order valence-electron chi connectivity index (χ4n) is 3.13. The summed E-state index contributed by atoms with van der Waals surface area (Å²) >= 11 is 0. The van der Waals surface area contributed by atoms with Gasteiger partial charge in [0, 0.05) is 19.0 Å². The van der Waals surface area contributed by atoms with Gasteiger partial charge in [0.05, 0.1) is 0 Å². The van der Waals surface area contributed by atoms with E-state index in [0.717, 1.165) is 38.3 Å². The van der Waals surface area contributed by atoms with Crippen LogP contribution in [0.4, 0.5) is 0 Å². The van der Waals surface area contributed by atoms with Gasteiger partial charge in [0.2, 0.25) is 5.91 Å². The van der Waals surface area contributed by atoms with Gasteiger partial charge in [-0.15, -0.1) is 0 Å². The van der Waals surface area contributed by atoms with Crippen LogP contribution in [0.3, 0.4) is 0 Å². The molecule has 0 saturated carbocycles. The third kappa shape index (κ3) is 17.8. The minimum atomic E-state index is -2.79. The van der Waals surface area contributed by atoms with Crippen LogP contribution in [0.2, 0.25) is 65.0 Å². The van der Waals surface area contributed by atoms with Crippen molar-refractivity contribution in [3.05, 3.63) is 0 Å². The summed E-state index contributed by atoms with van der Waals surface area (Å²) in [7, 11) is -4.15. The average molecular weight is 495 g/mol. The Bertz CT molecular complexity index is 460. The molecular weight excluding hydrogens is 445 g/mol. The van der Waals surface area contributed by atoms with Crippen molar-refractivity contribution in [3.63, 3.8) is 0 Å². The summed E-state index contributed by atoms with van der Waals surface area (Å²) in [6, 6.07) is 0.773. The van der Waals surface area contributed by atoms with Gasteiger partial charge in [-0.3, -0.25) is 4.79 Å². The lowest BCUT2D eigenvalue weighted by atomic mass is 10.2. The van der Waals surface area contributed by atoms with Crippen LogP contribution in [-0.2, 0) is 17.1 Å². The van der Waals surface area contributed by atoms with Gasteiger partial charge < -0.3 is 22.6 Å². The zero-order valence-electron chi connectivity index (χ0n) is 21.7. The highest BCUT2D eigenvalue weighted by atomic mass is 28.5. The molecule has 0 aliphatic carbocycles. The smallest absolute Gasteiger partial charge is 0.417 e. The molecular formula is C20H50N2O4Si4. The van der Waals surface area contributed by atoms with E-state index in [1.54, 1.807) is 0 Å². The Balaban J connectivity index is 4.78. The fourth-order valence-corrected chi connectivity index (χ4v) is 17.8. The second-order valence-corrected chi connectivity index (χ2v) is 28.4. The molecule has 1 amide bonds. The summed E-state index contributed by atoms with van der Waals surface area (Å²) in [5.74, 6) is 0.149. The summed E-state index contributed by atoms with van der Waals surface area (Å²) in [6.07, 6.45) is 4.63. The van der Waals surface area contributed by atoms with Gasteiger partial charge in [0.25, 0.3) is 0 Å². The Hall–Kier alpha value is 0.178. The summed E-state index contributed by atoms with van der Waals surface area (Å²) in [5.41, 5.74) is 0.